The lowest BCUT2D eigenvalue weighted by Crippen LogP contribution is -2.40. The smallest absolute Gasteiger partial charge is 0.129 e. The summed E-state index contributed by atoms with van der Waals surface area (Å²) in [7, 11) is -1.69. The molecule has 2 aliphatic rings. The number of nitrogens with zero attached hydrogens (tertiary/aromatic N) is 1. The van der Waals surface area contributed by atoms with Crippen LogP contribution < -0.4 is 0 Å². The van der Waals surface area contributed by atoms with E-state index in [1.54, 1.807) is 0 Å². The van der Waals surface area contributed by atoms with Gasteiger partial charge in [-0.2, -0.15) is 0 Å². The third-order valence-corrected chi connectivity index (χ3v) is 6.67. The van der Waals surface area contributed by atoms with Gasteiger partial charge in [0.2, 0.25) is 0 Å². The van der Waals surface area contributed by atoms with Gasteiger partial charge in [0.15, 0.2) is 0 Å². The molecule has 2 fully saturated rings. The number of carbonyl (C=O) groups is 1. The Morgan fingerprint density at radius 3 is 2.35 bits per heavy atom. The van der Waals surface area contributed by atoms with Crippen molar-refractivity contribution < 1.29 is 9.90 Å². The van der Waals surface area contributed by atoms with Crippen LogP contribution in [0.4, 0.5) is 0 Å². The van der Waals surface area contributed by atoms with Gasteiger partial charge < -0.3 is 9.90 Å². The van der Waals surface area contributed by atoms with Gasteiger partial charge in [0.05, 0.1) is 6.04 Å². The molecule has 1 saturated carbocycles. The number of rotatable bonds is 7. The van der Waals surface area contributed by atoms with Crippen LogP contribution in [0.2, 0.25) is 19.6 Å². The zero-order valence-corrected chi connectivity index (χ0v) is 14.4. The number of aliphatic hydroxyl groups is 1. The van der Waals surface area contributed by atoms with Crippen LogP contribution in [-0.4, -0.2) is 48.2 Å². The fourth-order valence-electron chi connectivity index (χ4n) is 3.70. The summed E-state index contributed by atoms with van der Waals surface area (Å²) in [6, 6.07) is 1.38. The molecule has 0 amide bonds. The lowest BCUT2D eigenvalue weighted by molar-refractivity contribution is -0.113. The number of hydrogen-bond donors (Lipinski definition) is 1. The van der Waals surface area contributed by atoms with Gasteiger partial charge in [-0.3, -0.25) is 4.90 Å². The third-order valence-electron chi connectivity index (χ3n) is 4.89. The summed E-state index contributed by atoms with van der Waals surface area (Å²) in [6.45, 7) is 6.81. The second kappa shape index (κ2) is 6.71. The third kappa shape index (κ3) is 3.71. The van der Waals surface area contributed by atoms with Crippen LogP contribution in [0, 0.1) is 0 Å². The Morgan fingerprint density at radius 1 is 1.15 bits per heavy atom. The molecule has 4 heteroatoms. The molecule has 3 atom stereocenters. The minimum atomic E-state index is -1.69. The molecule has 0 aromatic carbocycles. The zero-order chi connectivity index (χ0) is 14.8. The molecular formula is C16H31NO2Si. The van der Waals surface area contributed by atoms with Crippen molar-refractivity contribution in [1.29, 1.82) is 0 Å². The maximum atomic E-state index is 12.7. The minimum absolute atomic E-state index is 0.225. The molecule has 0 aromatic heterocycles. The second-order valence-electron chi connectivity index (χ2n) is 7.58. The van der Waals surface area contributed by atoms with Gasteiger partial charge in [-0.15, -0.1) is 0 Å². The first-order valence-corrected chi connectivity index (χ1v) is 11.9. The Kier molecular flexibility index (Phi) is 5.43. The van der Waals surface area contributed by atoms with Crippen molar-refractivity contribution >= 4 is 13.5 Å². The normalized spacial score (nSPS) is 31.3. The van der Waals surface area contributed by atoms with Gasteiger partial charge in [-0.1, -0.05) is 38.9 Å². The van der Waals surface area contributed by atoms with Crippen molar-refractivity contribution in [3.8, 4) is 0 Å². The number of hydrogen-bond acceptors (Lipinski definition) is 3. The maximum Gasteiger partial charge on any atom is 0.129 e. The van der Waals surface area contributed by atoms with E-state index in [1.807, 2.05) is 0 Å². The van der Waals surface area contributed by atoms with E-state index in [9.17, 15) is 4.79 Å². The summed E-state index contributed by atoms with van der Waals surface area (Å²) in [5.41, 5.74) is 0. The fourth-order valence-corrected chi connectivity index (χ4v) is 4.93. The average molecular weight is 298 g/mol. The Bertz CT molecular complexity index is 334. The highest BCUT2D eigenvalue weighted by atomic mass is 28.3. The Hall–Kier alpha value is -0.193. The van der Waals surface area contributed by atoms with E-state index in [4.69, 9.17) is 5.11 Å². The fraction of sp³-hybridized carbons (Fsp3) is 0.938. The topological polar surface area (TPSA) is 40.3 Å². The molecule has 3 nitrogen and oxygen atoms in total. The highest BCUT2D eigenvalue weighted by Gasteiger charge is 2.56. The summed E-state index contributed by atoms with van der Waals surface area (Å²) in [5, 5.41) is 9.50. The standard InChI is InChI=1S/C16H31NO2Si/c1-20(2,3)16(19)15-14(11-7-8-12-18)17(15)13-9-5-4-6-10-13/h13-15,18H,4-12H2,1-3H3/t14-,15+,17?/m1/s1. The second-order valence-corrected chi connectivity index (χ2v) is 12.6. The predicted octanol–water partition coefficient (Wildman–Crippen LogP) is 2.98. The van der Waals surface area contributed by atoms with Gasteiger partial charge in [0.1, 0.15) is 13.5 Å². The van der Waals surface area contributed by atoms with Crippen molar-refractivity contribution in [3.05, 3.63) is 0 Å². The summed E-state index contributed by atoms with van der Waals surface area (Å²) in [5.74, 6) is 0. The first kappa shape index (κ1) is 16.2. The SMILES string of the molecule is C[Si](C)(C)C(=O)[C@@H]1[C@@H](CCCCO)N1C1CCCCC1. The Balaban J connectivity index is 1.97. The van der Waals surface area contributed by atoms with E-state index in [1.165, 1.54) is 32.1 Å². The lowest BCUT2D eigenvalue weighted by Gasteiger charge is -2.24. The summed E-state index contributed by atoms with van der Waals surface area (Å²) in [6.07, 6.45) is 9.63. The van der Waals surface area contributed by atoms with Crippen LogP contribution in [0.15, 0.2) is 0 Å². The predicted molar refractivity (Wildman–Crippen MR) is 85.6 cm³/mol. The van der Waals surface area contributed by atoms with Crippen LogP contribution in [0.25, 0.3) is 0 Å². The van der Waals surface area contributed by atoms with Crippen LogP contribution in [0.3, 0.4) is 0 Å². The molecule has 0 bridgehead atoms. The summed E-state index contributed by atoms with van der Waals surface area (Å²) >= 11 is 0. The van der Waals surface area contributed by atoms with Crippen molar-refractivity contribution in [1.82, 2.24) is 4.90 Å². The van der Waals surface area contributed by atoms with E-state index < -0.39 is 8.07 Å². The molecule has 1 heterocycles. The van der Waals surface area contributed by atoms with Gasteiger partial charge >= 0.3 is 0 Å². The van der Waals surface area contributed by atoms with E-state index in [0.29, 0.717) is 17.5 Å². The largest absolute Gasteiger partial charge is 0.396 e. The number of unbranched alkanes of at least 4 members (excludes halogenated alkanes) is 1. The van der Waals surface area contributed by atoms with Crippen LogP contribution in [-0.2, 0) is 4.79 Å². The maximum absolute atomic E-state index is 12.7. The molecule has 1 aliphatic carbocycles. The van der Waals surface area contributed by atoms with Gasteiger partial charge in [-0.05, 0) is 32.1 Å². The molecule has 116 valence electrons. The van der Waals surface area contributed by atoms with E-state index in [2.05, 4.69) is 24.5 Å². The van der Waals surface area contributed by atoms with Crippen molar-refractivity contribution in [2.75, 3.05) is 6.61 Å². The van der Waals surface area contributed by atoms with Gasteiger partial charge in [0, 0.05) is 18.7 Å². The van der Waals surface area contributed by atoms with Gasteiger partial charge in [-0.25, -0.2) is 0 Å². The quantitative estimate of drug-likeness (QED) is 0.446. The molecule has 0 spiro atoms. The van der Waals surface area contributed by atoms with Crippen LogP contribution in [0.5, 0.6) is 0 Å². The van der Waals surface area contributed by atoms with Crippen LogP contribution >= 0.6 is 0 Å². The molecule has 1 saturated heterocycles. The Labute approximate surface area is 124 Å². The number of carbonyl (C=O) groups excluding carboxylic acids is 1. The molecule has 1 aliphatic heterocycles. The molecule has 20 heavy (non-hydrogen) atoms. The molecular weight excluding hydrogens is 266 g/mol. The minimum Gasteiger partial charge on any atom is -0.396 e. The zero-order valence-electron chi connectivity index (χ0n) is 13.4. The molecule has 0 radical (unpaired) electrons. The number of aliphatic hydroxyl groups excluding tert-OH is 1. The summed E-state index contributed by atoms with van der Waals surface area (Å²) < 4.78 is 0. The molecule has 1 unspecified atom stereocenters. The average Bonchev–Trinajstić information content (AvgIpc) is 3.12. The highest BCUT2D eigenvalue weighted by molar-refractivity contribution is 7.04. The molecule has 2 rings (SSSR count). The van der Waals surface area contributed by atoms with Crippen molar-refractivity contribution in [2.24, 2.45) is 0 Å². The van der Waals surface area contributed by atoms with Crippen molar-refractivity contribution in [3.63, 3.8) is 0 Å². The monoisotopic (exact) mass is 297 g/mol. The first-order chi connectivity index (χ1) is 9.46. The van der Waals surface area contributed by atoms with E-state index in [-0.39, 0.29) is 12.6 Å². The molecule has 0 aromatic rings. The Morgan fingerprint density at radius 2 is 1.80 bits per heavy atom. The summed E-state index contributed by atoms with van der Waals surface area (Å²) in [4.78, 5) is 15.2. The van der Waals surface area contributed by atoms with E-state index in [0.717, 1.165) is 19.3 Å². The van der Waals surface area contributed by atoms with Gasteiger partial charge in [0.25, 0.3) is 0 Å². The van der Waals surface area contributed by atoms with Crippen LogP contribution in [0.1, 0.15) is 51.4 Å². The first-order valence-electron chi connectivity index (χ1n) is 8.39. The van der Waals surface area contributed by atoms with E-state index >= 15 is 0 Å². The molecule has 1 N–H and O–H groups in total. The highest BCUT2D eigenvalue weighted by Crippen LogP contribution is 2.41. The van der Waals surface area contributed by atoms with Crippen molar-refractivity contribution in [2.45, 2.75) is 89.1 Å². The lowest BCUT2D eigenvalue weighted by atomic mass is 9.95.